The van der Waals surface area contributed by atoms with E-state index in [4.69, 9.17) is 16.0 Å². The first-order chi connectivity index (χ1) is 7.00. The molecule has 0 bridgehead atoms. The fourth-order valence-corrected chi connectivity index (χ4v) is 1.38. The Morgan fingerprint density at radius 3 is 2.73 bits per heavy atom. The summed E-state index contributed by atoms with van der Waals surface area (Å²) in [4.78, 5) is 11.8. The van der Waals surface area contributed by atoms with Gasteiger partial charge >= 0.3 is 0 Å². The third-order valence-electron chi connectivity index (χ3n) is 2.48. The zero-order chi connectivity index (χ0) is 11.5. The Bertz CT molecular complexity index is 342. The zero-order valence-electron chi connectivity index (χ0n) is 9.26. The second kappa shape index (κ2) is 4.71. The van der Waals surface area contributed by atoms with Crippen LogP contribution in [0.25, 0.3) is 0 Å². The number of carbonyl (C=O) groups excluding carboxylic acids is 1. The number of carbonyl (C=O) groups is 1. The van der Waals surface area contributed by atoms with E-state index in [1.54, 1.807) is 13.0 Å². The third-order valence-corrected chi connectivity index (χ3v) is 3.07. The minimum atomic E-state index is -0.357. The van der Waals surface area contributed by atoms with Gasteiger partial charge < -0.3 is 9.73 Å². The van der Waals surface area contributed by atoms with Crippen molar-refractivity contribution in [2.24, 2.45) is 0 Å². The molecule has 0 aliphatic heterocycles. The average Bonchev–Trinajstić information content (AvgIpc) is 2.65. The Balaban J connectivity index is 2.71. The van der Waals surface area contributed by atoms with Crippen LogP contribution in [0.5, 0.6) is 0 Å². The van der Waals surface area contributed by atoms with Crippen LogP contribution >= 0.6 is 11.6 Å². The van der Waals surface area contributed by atoms with Gasteiger partial charge in [0.2, 0.25) is 0 Å². The van der Waals surface area contributed by atoms with E-state index in [1.807, 2.05) is 13.8 Å². The molecule has 4 heteroatoms. The van der Waals surface area contributed by atoms with Gasteiger partial charge in [0, 0.05) is 5.88 Å². The monoisotopic (exact) mass is 229 g/mol. The number of aryl methyl sites for hydroxylation is 1. The summed E-state index contributed by atoms with van der Waals surface area (Å²) in [5.74, 6) is 0.979. The van der Waals surface area contributed by atoms with Gasteiger partial charge in [0.15, 0.2) is 0 Å². The lowest BCUT2D eigenvalue weighted by molar-refractivity contribution is 0.0912. The summed E-state index contributed by atoms with van der Waals surface area (Å²) in [6.07, 6.45) is 2.24. The van der Waals surface area contributed by atoms with Gasteiger partial charge in [0.1, 0.15) is 12.0 Å². The molecule has 0 aliphatic rings. The Morgan fingerprint density at radius 2 is 2.33 bits per heavy atom. The van der Waals surface area contributed by atoms with Crippen molar-refractivity contribution in [2.75, 3.05) is 5.88 Å². The number of alkyl halides is 1. The highest BCUT2D eigenvalue weighted by molar-refractivity contribution is 6.18. The number of amides is 1. The summed E-state index contributed by atoms with van der Waals surface area (Å²) in [5.41, 5.74) is 0.182. The molecule has 1 aromatic rings. The molecule has 1 atom stereocenters. The number of hydrogen-bond donors (Lipinski definition) is 1. The van der Waals surface area contributed by atoms with Crippen molar-refractivity contribution < 1.29 is 9.21 Å². The second-order valence-corrected chi connectivity index (χ2v) is 4.22. The lowest BCUT2D eigenvalue weighted by Crippen LogP contribution is -2.46. The molecule has 0 saturated carbocycles. The van der Waals surface area contributed by atoms with E-state index in [2.05, 4.69) is 5.32 Å². The first kappa shape index (κ1) is 12.1. The van der Waals surface area contributed by atoms with Crippen LogP contribution in [0.1, 0.15) is 36.4 Å². The summed E-state index contributed by atoms with van der Waals surface area (Å²) < 4.78 is 5.07. The van der Waals surface area contributed by atoms with Crippen molar-refractivity contribution in [3.05, 3.63) is 23.7 Å². The quantitative estimate of drug-likeness (QED) is 0.807. The maximum absolute atomic E-state index is 11.8. The lowest BCUT2D eigenvalue weighted by atomic mass is 10.0. The first-order valence-electron chi connectivity index (χ1n) is 4.94. The fourth-order valence-electron chi connectivity index (χ4n) is 1.13. The SMILES string of the molecule is CCC(C)(CCl)NC(=O)c1coc(C)c1. The topological polar surface area (TPSA) is 42.2 Å². The lowest BCUT2D eigenvalue weighted by Gasteiger charge is -2.26. The van der Waals surface area contributed by atoms with Gasteiger partial charge in [0.25, 0.3) is 5.91 Å². The molecular formula is C11H16ClNO2. The van der Waals surface area contributed by atoms with Crippen LogP contribution in [0.15, 0.2) is 16.7 Å². The second-order valence-electron chi connectivity index (χ2n) is 3.95. The highest BCUT2D eigenvalue weighted by Crippen LogP contribution is 2.13. The van der Waals surface area contributed by atoms with Gasteiger partial charge in [-0.15, -0.1) is 11.6 Å². The number of furan rings is 1. The number of halogens is 1. The Morgan fingerprint density at radius 1 is 1.67 bits per heavy atom. The molecule has 1 heterocycles. The van der Waals surface area contributed by atoms with E-state index in [1.165, 1.54) is 6.26 Å². The molecule has 0 radical (unpaired) electrons. The van der Waals surface area contributed by atoms with Gasteiger partial charge in [-0.2, -0.15) is 0 Å². The molecule has 1 amide bonds. The van der Waals surface area contributed by atoms with Crippen molar-refractivity contribution in [1.82, 2.24) is 5.32 Å². The molecule has 1 rings (SSSR count). The molecular weight excluding hydrogens is 214 g/mol. The summed E-state index contributed by atoms with van der Waals surface area (Å²) in [7, 11) is 0. The van der Waals surface area contributed by atoms with Crippen LogP contribution in [-0.2, 0) is 0 Å². The summed E-state index contributed by atoms with van der Waals surface area (Å²) in [5, 5.41) is 2.89. The number of hydrogen-bond acceptors (Lipinski definition) is 2. The molecule has 0 fully saturated rings. The zero-order valence-corrected chi connectivity index (χ0v) is 10.0. The van der Waals surface area contributed by atoms with E-state index in [-0.39, 0.29) is 11.4 Å². The molecule has 15 heavy (non-hydrogen) atoms. The minimum absolute atomic E-state index is 0.142. The smallest absolute Gasteiger partial charge is 0.255 e. The Labute approximate surface area is 94.8 Å². The standard InChI is InChI=1S/C11H16ClNO2/c1-4-11(3,7-12)13-10(14)9-5-8(2)15-6-9/h5-6H,4,7H2,1-3H3,(H,13,14). The molecule has 84 valence electrons. The maximum atomic E-state index is 11.8. The molecule has 1 unspecified atom stereocenters. The fraction of sp³-hybridized carbons (Fsp3) is 0.545. The van der Waals surface area contributed by atoms with Crippen molar-refractivity contribution >= 4 is 17.5 Å². The van der Waals surface area contributed by atoms with Crippen LogP contribution < -0.4 is 5.32 Å². The summed E-state index contributed by atoms with van der Waals surface area (Å²) in [6.45, 7) is 5.71. The van der Waals surface area contributed by atoms with Crippen molar-refractivity contribution in [3.63, 3.8) is 0 Å². The molecule has 3 nitrogen and oxygen atoms in total. The predicted octanol–water partition coefficient (Wildman–Crippen LogP) is 2.73. The van der Waals surface area contributed by atoms with E-state index in [0.29, 0.717) is 11.4 Å². The van der Waals surface area contributed by atoms with Crippen LogP contribution in [0, 0.1) is 6.92 Å². The van der Waals surface area contributed by atoms with Crippen LogP contribution in [-0.4, -0.2) is 17.3 Å². The normalized spacial score (nSPS) is 14.7. The molecule has 0 aliphatic carbocycles. The largest absolute Gasteiger partial charge is 0.469 e. The van der Waals surface area contributed by atoms with E-state index in [9.17, 15) is 4.79 Å². The van der Waals surface area contributed by atoms with Crippen molar-refractivity contribution in [2.45, 2.75) is 32.7 Å². The Hall–Kier alpha value is -0.960. The van der Waals surface area contributed by atoms with Crippen LogP contribution in [0.4, 0.5) is 0 Å². The van der Waals surface area contributed by atoms with Crippen molar-refractivity contribution in [3.8, 4) is 0 Å². The highest BCUT2D eigenvalue weighted by Gasteiger charge is 2.24. The van der Waals surface area contributed by atoms with Crippen LogP contribution in [0.3, 0.4) is 0 Å². The van der Waals surface area contributed by atoms with E-state index in [0.717, 1.165) is 12.2 Å². The van der Waals surface area contributed by atoms with Gasteiger partial charge in [-0.1, -0.05) is 6.92 Å². The summed E-state index contributed by atoms with van der Waals surface area (Å²) >= 11 is 5.81. The van der Waals surface area contributed by atoms with Gasteiger partial charge in [0.05, 0.1) is 11.1 Å². The maximum Gasteiger partial charge on any atom is 0.255 e. The van der Waals surface area contributed by atoms with Gasteiger partial charge in [-0.25, -0.2) is 0 Å². The van der Waals surface area contributed by atoms with E-state index < -0.39 is 0 Å². The Kier molecular flexibility index (Phi) is 3.80. The van der Waals surface area contributed by atoms with Gasteiger partial charge in [-0.05, 0) is 26.3 Å². The third kappa shape index (κ3) is 2.99. The molecule has 0 saturated heterocycles. The number of rotatable bonds is 4. The predicted molar refractivity (Wildman–Crippen MR) is 60.3 cm³/mol. The average molecular weight is 230 g/mol. The van der Waals surface area contributed by atoms with Crippen LogP contribution in [0.2, 0.25) is 0 Å². The minimum Gasteiger partial charge on any atom is -0.469 e. The molecule has 1 N–H and O–H groups in total. The van der Waals surface area contributed by atoms with Gasteiger partial charge in [-0.3, -0.25) is 4.79 Å². The summed E-state index contributed by atoms with van der Waals surface area (Å²) in [6, 6.07) is 1.71. The van der Waals surface area contributed by atoms with E-state index >= 15 is 0 Å². The molecule has 0 spiro atoms. The molecule has 1 aromatic heterocycles. The number of nitrogens with one attached hydrogen (secondary N) is 1. The molecule has 0 aromatic carbocycles. The van der Waals surface area contributed by atoms with Crippen molar-refractivity contribution in [1.29, 1.82) is 0 Å². The first-order valence-corrected chi connectivity index (χ1v) is 5.48. The highest BCUT2D eigenvalue weighted by atomic mass is 35.5.